The molecule has 90 valence electrons. The average molecular weight is 332 g/mol. The highest BCUT2D eigenvalue weighted by atomic mass is 79.9. The van der Waals surface area contributed by atoms with Crippen molar-refractivity contribution in [2.24, 2.45) is 0 Å². The quantitative estimate of drug-likeness (QED) is 0.852. The van der Waals surface area contributed by atoms with Crippen molar-refractivity contribution in [3.63, 3.8) is 0 Å². The van der Waals surface area contributed by atoms with E-state index in [4.69, 9.17) is 11.6 Å². The van der Waals surface area contributed by atoms with Crippen LogP contribution in [-0.4, -0.2) is 4.98 Å². The lowest BCUT2D eigenvalue weighted by atomic mass is 10.2. The molecule has 2 rings (SSSR count). The van der Waals surface area contributed by atoms with Crippen LogP contribution in [0.15, 0.2) is 28.2 Å². The van der Waals surface area contributed by atoms with Gasteiger partial charge in [-0.05, 0) is 32.0 Å². The molecular weight excluding hydrogens is 320 g/mol. The second-order valence-corrected chi connectivity index (χ2v) is 6.00. The van der Waals surface area contributed by atoms with Gasteiger partial charge in [0.05, 0.1) is 28.0 Å². The minimum Gasteiger partial charge on any atom is -0.376 e. The monoisotopic (exact) mass is 330 g/mol. The number of nitrogens with zero attached hydrogens (tertiary/aromatic N) is 1. The van der Waals surface area contributed by atoms with Crippen molar-refractivity contribution in [1.29, 1.82) is 0 Å². The van der Waals surface area contributed by atoms with Crippen LogP contribution in [0.3, 0.4) is 0 Å². The molecule has 5 heteroatoms. The lowest BCUT2D eigenvalue weighted by molar-refractivity contribution is 0.890. The summed E-state index contributed by atoms with van der Waals surface area (Å²) in [5.41, 5.74) is 3.88. The number of benzene rings is 1. The summed E-state index contributed by atoms with van der Waals surface area (Å²) < 4.78 is 0.981. The van der Waals surface area contributed by atoms with Crippen molar-refractivity contribution in [1.82, 2.24) is 4.98 Å². The van der Waals surface area contributed by atoms with Gasteiger partial charge in [0.25, 0.3) is 0 Å². The summed E-state index contributed by atoms with van der Waals surface area (Å²) in [4.78, 5) is 5.49. The molecule has 1 aromatic carbocycles. The highest BCUT2D eigenvalue weighted by molar-refractivity contribution is 9.10. The van der Waals surface area contributed by atoms with E-state index in [2.05, 4.69) is 33.2 Å². The number of halogens is 2. The molecule has 1 unspecified atom stereocenters. The van der Waals surface area contributed by atoms with Gasteiger partial charge >= 0.3 is 0 Å². The van der Waals surface area contributed by atoms with Crippen molar-refractivity contribution in [2.75, 3.05) is 5.32 Å². The first kappa shape index (κ1) is 12.9. The van der Waals surface area contributed by atoms with E-state index < -0.39 is 0 Å². The van der Waals surface area contributed by atoms with E-state index in [1.54, 1.807) is 11.3 Å². The molecule has 0 radical (unpaired) electrons. The Labute approximate surface area is 118 Å². The predicted molar refractivity (Wildman–Crippen MR) is 78.0 cm³/mol. The Kier molecular flexibility index (Phi) is 4.07. The Morgan fingerprint density at radius 3 is 2.82 bits per heavy atom. The number of aromatic nitrogens is 1. The van der Waals surface area contributed by atoms with Crippen LogP contribution < -0.4 is 5.32 Å². The summed E-state index contributed by atoms with van der Waals surface area (Å²) in [7, 11) is 0. The fraction of sp³-hybridized carbons (Fsp3) is 0.250. The van der Waals surface area contributed by atoms with E-state index in [9.17, 15) is 0 Å². The number of rotatable bonds is 3. The van der Waals surface area contributed by atoms with Crippen molar-refractivity contribution in [2.45, 2.75) is 19.9 Å². The maximum atomic E-state index is 6.17. The molecule has 0 aliphatic rings. The molecule has 0 saturated carbocycles. The molecule has 0 fully saturated rings. The molecule has 0 amide bonds. The van der Waals surface area contributed by atoms with Crippen LogP contribution in [0.1, 0.15) is 23.5 Å². The minimum atomic E-state index is 0.209. The van der Waals surface area contributed by atoms with Gasteiger partial charge < -0.3 is 5.32 Å². The van der Waals surface area contributed by atoms with Crippen molar-refractivity contribution >= 4 is 44.6 Å². The molecule has 0 bridgehead atoms. The van der Waals surface area contributed by atoms with Crippen molar-refractivity contribution in [3.05, 3.63) is 43.8 Å². The van der Waals surface area contributed by atoms with Gasteiger partial charge in [0.2, 0.25) is 0 Å². The van der Waals surface area contributed by atoms with E-state index >= 15 is 0 Å². The van der Waals surface area contributed by atoms with Crippen LogP contribution in [0, 0.1) is 6.92 Å². The number of hydrogen-bond acceptors (Lipinski definition) is 3. The summed E-state index contributed by atoms with van der Waals surface area (Å²) in [6.07, 6.45) is 0. The SMILES string of the molecule is Cc1ncsc1C(C)Nc1ccc(Br)cc1Cl. The molecule has 0 spiro atoms. The van der Waals surface area contributed by atoms with Crippen LogP contribution in [-0.2, 0) is 0 Å². The second-order valence-electron chi connectivity index (χ2n) is 3.79. The molecule has 1 heterocycles. The number of thiazole rings is 1. The largest absolute Gasteiger partial charge is 0.376 e. The molecule has 2 nitrogen and oxygen atoms in total. The lowest BCUT2D eigenvalue weighted by Crippen LogP contribution is -2.06. The smallest absolute Gasteiger partial charge is 0.0798 e. The van der Waals surface area contributed by atoms with Crippen LogP contribution in [0.4, 0.5) is 5.69 Å². The Morgan fingerprint density at radius 1 is 1.47 bits per heavy atom. The first-order chi connectivity index (χ1) is 8.08. The van der Waals surface area contributed by atoms with Gasteiger partial charge in [-0.3, -0.25) is 0 Å². The fourth-order valence-corrected chi connectivity index (χ4v) is 3.17. The zero-order valence-electron chi connectivity index (χ0n) is 9.50. The minimum absolute atomic E-state index is 0.209. The number of aryl methyl sites for hydroxylation is 1. The average Bonchev–Trinajstić information content (AvgIpc) is 2.68. The molecule has 17 heavy (non-hydrogen) atoms. The molecule has 1 aromatic heterocycles. The van der Waals surface area contributed by atoms with Crippen LogP contribution in [0.2, 0.25) is 5.02 Å². The summed E-state index contributed by atoms with van der Waals surface area (Å²) in [6, 6.07) is 6.04. The molecule has 0 aliphatic heterocycles. The fourth-order valence-electron chi connectivity index (χ4n) is 1.63. The predicted octanol–water partition coefficient (Wildman–Crippen LogP) is 5.04. The van der Waals surface area contributed by atoms with E-state index in [0.29, 0.717) is 5.02 Å². The van der Waals surface area contributed by atoms with Gasteiger partial charge in [0.1, 0.15) is 0 Å². The summed E-state index contributed by atoms with van der Waals surface area (Å²) in [6.45, 7) is 4.13. The standard InChI is InChI=1S/C12H12BrClN2S/c1-7-12(17-6-15-7)8(2)16-11-4-3-9(13)5-10(11)14/h3-6,8,16H,1-2H3. The first-order valence-electron chi connectivity index (χ1n) is 5.19. The van der Waals surface area contributed by atoms with Gasteiger partial charge in [0, 0.05) is 9.35 Å². The maximum absolute atomic E-state index is 6.17. The topological polar surface area (TPSA) is 24.9 Å². The first-order valence-corrected chi connectivity index (χ1v) is 7.24. The van der Waals surface area contributed by atoms with Crippen LogP contribution in [0.25, 0.3) is 0 Å². The molecular formula is C12H12BrClN2S. The summed E-state index contributed by atoms with van der Waals surface area (Å²) in [5.74, 6) is 0. The second kappa shape index (κ2) is 5.38. The van der Waals surface area contributed by atoms with Gasteiger partial charge in [-0.25, -0.2) is 4.98 Å². The van der Waals surface area contributed by atoms with Gasteiger partial charge in [-0.15, -0.1) is 11.3 Å². The van der Waals surface area contributed by atoms with E-state index in [1.165, 1.54) is 4.88 Å². The van der Waals surface area contributed by atoms with E-state index in [0.717, 1.165) is 15.9 Å². The molecule has 1 N–H and O–H groups in total. The highest BCUT2D eigenvalue weighted by Gasteiger charge is 2.12. The summed E-state index contributed by atoms with van der Waals surface area (Å²) >= 11 is 11.2. The third-order valence-electron chi connectivity index (χ3n) is 2.48. The Hall–Kier alpha value is -0.580. The maximum Gasteiger partial charge on any atom is 0.0798 e. The van der Waals surface area contributed by atoms with E-state index in [-0.39, 0.29) is 6.04 Å². The summed E-state index contributed by atoms with van der Waals surface area (Å²) in [5, 5.41) is 4.11. The van der Waals surface area contributed by atoms with E-state index in [1.807, 2.05) is 30.6 Å². The zero-order chi connectivity index (χ0) is 12.4. The molecule has 1 atom stereocenters. The van der Waals surface area contributed by atoms with Gasteiger partial charge in [-0.1, -0.05) is 27.5 Å². The van der Waals surface area contributed by atoms with Crippen molar-refractivity contribution < 1.29 is 0 Å². The number of nitrogens with one attached hydrogen (secondary N) is 1. The Bertz CT molecular complexity index is 527. The number of hydrogen-bond donors (Lipinski definition) is 1. The molecule has 0 aliphatic carbocycles. The van der Waals surface area contributed by atoms with Crippen molar-refractivity contribution in [3.8, 4) is 0 Å². The third-order valence-corrected chi connectivity index (χ3v) is 4.40. The third kappa shape index (κ3) is 3.00. The van der Waals surface area contributed by atoms with Crippen LogP contribution >= 0.6 is 38.9 Å². The molecule has 2 aromatic rings. The molecule has 0 saturated heterocycles. The highest BCUT2D eigenvalue weighted by Crippen LogP contribution is 2.30. The normalized spacial score (nSPS) is 12.5. The van der Waals surface area contributed by atoms with Gasteiger partial charge in [-0.2, -0.15) is 0 Å². The Balaban J connectivity index is 2.19. The lowest BCUT2D eigenvalue weighted by Gasteiger charge is -2.15. The number of anilines is 1. The van der Waals surface area contributed by atoms with Crippen LogP contribution in [0.5, 0.6) is 0 Å². The van der Waals surface area contributed by atoms with Gasteiger partial charge in [0.15, 0.2) is 0 Å². The zero-order valence-corrected chi connectivity index (χ0v) is 12.7. The Morgan fingerprint density at radius 2 is 2.24 bits per heavy atom.